The maximum Gasteiger partial charge on any atom is 0.125 e. The molecule has 0 saturated carbocycles. The van der Waals surface area contributed by atoms with Gasteiger partial charge in [-0.05, 0) is 18.1 Å². The highest BCUT2D eigenvalue weighted by Gasteiger charge is 2.41. The summed E-state index contributed by atoms with van der Waals surface area (Å²) in [7, 11) is 1.55. The Hall–Kier alpha value is -0.780. The van der Waals surface area contributed by atoms with E-state index >= 15 is 0 Å². The first-order chi connectivity index (χ1) is 8.21. The quantitative estimate of drug-likeness (QED) is 0.643. The molecule has 0 spiro atoms. The van der Waals surface area contributed by atoms with E-state index in [0.29, 0.717) is 12.2 Å². The Morgan fingerprint density at radius 2 is 2.24 bits per heavy atom. The highest BCUT2D eigenvalue weighted by Crippen LogP contribution is 2.45. The molecule has 94 valence electrons. The third kappa shape index (κ3) is 2.56. The van der Waals surface area contributed by atoms with E-state index in [1.807, 2.05) is 6.07 Å². The van der Waals surface area contributed by atoms with Crippen LogP contribution < -0.4 is 4.74 Å². The summed E-state index contributed by atoms with van der Waals surface area (Å²) in [5.74, 6) is 0.772. The highest BCUT2D eigenvalue weighted by atomic mass is 79.9. The van der Waals surface area contributed by atoms with E-state index in [9.17, 15) is 5.11 Å². The molecule has 1 aliphatic heterocycles. The van der Waals surface area contributed by atoms with Crippen LogP contribution in [0.4, 0.5) is 0 Å². The summed E-state index contributed by atoms with van der Waals surface area (Å²) in [6.07, 6.45) is 0.566. The molecule has 1 aromatic carbocycles. The number of aromatic hydroxyl groups is 1. The lowest BCUT2D eigenvalue weighted by atomic mass is 10.0. The van der Waals surface area contributed by atoms with Gasteiger partial charge in [-0.1, -0.05) is 15.9 Å². The van der Waals surface area contributed by atoms with Gasteiger partial charge in [-0.3, -0.25) is 0 Å². The monoisotopic (exact) mass is 302 g/mol. The zero-order valence-electron chi connectivity index (χ0n) is 9.52. The first-order valence-corrected chi connectivity index (χ1v) is 6.55. The second kappa shape index (κ2) is 5.25. The smallest absolute Gasteiger partial charge is 0.125 e. The van der Waals surface area contributed by atoms with Crippen molar-refractivity contribution in [2.45, 2.75) is 18.6 Å². The fourth-order valence-corrected chi connectivity index (χ4v) is 2.39. The lowest BCUT2D eigenvalue weighted by molar-refractivity contribution is 0.296. The van der Waals surface area contributed by atoms with Crippen LogP contribution in [0.25, 0.3) is 0 Å². The fourth-order valence-electron chi connectivity index (χ4n) is 1.90. The number of alkyl halides is 1. The van der Waals surface area contributed by atoms with Gasteiger partial charge in [0.25, 0.3) is 0 Å². The van der Waals surface area contributed by atoms with Crippen LogP contribution in [0.5, 0.6) is 11.5 Å². The Morgan fingerprint density at radius 3 is 2.76 bits per heavy atom. The second-order valence-electron chi connectivity index (χ2n) is 3.95. The fraction of sp³-hybridized carbons (Fsp3) is 0.500. The van der Waals surface area contributed by atoms with Crippen molar-refractivity contribution in [1.82, 2.24) is 0 Å². The Bertz CT molecular complexity index is 408. The minimum atomic E-state index is -0.0577. The lowest BCUT2D eigenvalue weighted by Crippen LogP contribution is -1.99. The number of methoxy groups -OCH3 is 1. The van der Waals surface area contributed by atoms with Gasteiger partial charge in [-0.25, -0.2) is 0 Å². The zero-order chi connectivity index (χ0) is 12.4. The molecular weight excluding hydrogens is 288 g/mol. The number of epoxide rings is 1. The Balaban J connectivity index is 2.30. The van der Waals surface area contributed by atoms with E-state index in [4.69, 9.17) is 14.6 Å². The van der Waals surface area contributed by atoms with Crippen molar-refractivity contribution in [3.8, 4) is 11.5 Å². The van der Waals surface area contributed by atoms with Crippen LogP contribution >= 0.6 is 15.9 Å². The number of aliphatic hydroxyl groups is 1. The molecule has 0 radical (unpaired) electrons. The summed E-state index contributed by atoms with van der Waals surface area (Å²) in [6, 6.07) is 3.42. The molecule has 2 N–H and O–H groups in total. The van der Waals surface area contributed by atoms with Crippen LogP contribution in [-0.2, 0) is 11.2 Å². The molecule has 0 aromatic heterocycles. The van der Waals surface area contributed by atoms with Gasteiger partial charge in [0.05, 0.1) is 13.2 Å². The number of hydrogen-bond donors (Lipinski definition) is 2. The maximum atomic E-state index is 9.90. The lowest BCUT2D eigenvalue weighted by Gasteiger charge is -2.11. The van der Waals surface area contributed by atoms with Crippen LogP contribution in [0.2, 0.25) is 0 Å². The van der Waals surface area contributed by atoms with Gasteiger partial charge < -0.3 is 19.7 Å². The molecule has 1 heterocycles. The van der Waals surface area contributed by atoms with E-state index in [-0.39, 0.29) is 24.6 Å². The van der Waals surface area contributed by atoms with Crippen LogP contribution in [0.15, 0.2) is 12.1 Å². The van der Waals surface area contributed by atoms with Gasteiger partial charge in [-0.15, -0.1) is 0 Å². The molecule has 0 aliphatic carbocycles. The van der Waals surface area contributed by atoms with E-state index in [2.05, 4.69) is 15.9 Å². The van der Waals surface area contributed by atoms with Gasteiger partial charge >= 0.3 is 0 Å². The number of phenols is 1. The predicted octanol–water partition coefficient (Wildman–Crippen LogP) is 1.77. The van der Waals surface area contributed by atoms with Gasteiger partial charge in [0.2, 0.25) is 0 Å². The maximum absolute atomic E-state index is 9.90. The normalized spacial score (nSPS) is 22.5. The molecule has 0 bridgehead atoms. The van der Waals surface area contributed by atoms with Gasteiger partial charge in [-0.2, -0.15) is 0 Å². The largest absolute Gasteiger partial charge is 0.507 e. The number of ether oxygens (including phenoxy) is 2. The molecule has 1 fully saturated rings. The van der Waals surface area contributed by atoms with Crippen molar-refractivity contribution in [2.75, 3.05) is 19.0 Å². The van der Waals surface area contributed by atoms with Crippen LogP contribution in [0.1, 0.15) is 17.2 Å². The number of hydrogen-bond acceptors (Lipinski definition) is 4. The summed E-state index contributed by atoms with van der Waals surface area (Å²) < 4.78 is 10.6. The molecule has 2 unspecified atom stereocenters. The number of benzene rings is 1. The van der Waals surface area contributed by atoms with Crippen molar-refractivity contribution in [3.05, 3.63) is 23.3 Å². The van der Waals surface area contributed by atoms with Crippen molar-refractivity contribution in [2.24, 2.45) is 0 Å². The minimum Gasteiger partial charge on any atom is -0.507 e. The summed E-state index contributed by atoms with van der Waals surface area (Å²) in [4.78, 5) is 0. The van der Waals surface area contributed by atoms with Gasteiger partial charge in [0.15, 0.2) is 0 Å². The predicted molar refractivity (Wildman–Crippen MR) is 66.9 cm³/mol. The van der Waals surface area contributed by atoms with Crippen LogP contribution in [0.3, 0.4) is 0 Å². The molecule has 17 heavy (non-hydrogen) atoms. The zero-order valence-corrected chi connectivity index (χ0v) is 11.1. The molecule has 4 nitrogen and oxygen atoms in total. The van der Waals surface area contributed by atoms with Crippen LogP contribution in [0, 0.1) is 0 Å². The molecule has 0 amide bonds. The molecule has 1 aliphatic rings. The summed E-state index contributed by atoms with van der Waals surface area (Å²) in [5, 5.41) is 19.6. The summed E-state index contributed by atoms with van der Waals surface area (Å²) in [5.41, 5.74) is 1.64. The number of phenolic OH excluding ortho intramolecular Hbond substituents is 1. The summed E-state index contributed by atoms with van der Waals surface area (Å²) in [6.45, 7) is 0.0496. The van der Waals surface area contributed by atoms with Crippen molar-refractivity contribution in [1.29, 1.82) is 0 Å². The first kappa shape index (κ1) is 12.7. The molecule has 1 aromatic rings. The molecular formula is C12H15BrO4. The molecule has 1 saturated heterocycles. The highest BCUT2D eigenvalue weighted by molar-refractivity contribution is 9.09. The number of halogens is 1. The third-order valence-corrected chi connectivity index (χ3v) is 3.49. The van der Waals surface area contributed by atoms with E-state index in [0.717, 1.165) is 16.5 Å². The van der Waals surface area contributed by atoms with E-state index in [1.165, 1.54) is 0 Å². The second-order valence-corrected chi connectivity index (χ2v) is 4.59. The summed E-state index contributed by atoms with van der Waals surface area (Å²) >= 11 is 3.34. The average Bonchev–Trinajstić information content (AvgIpc) is 3.10. The van der Waals surface area contributed by atoms with Crippen molar-refractivity contribution < 1.29 is 19.7 Å². The Morgan fingerprint density at radius 1 is 1.47 bits per heavy atom. The van der Waals surface area contributed by atoms with Crippen molar-refractivity contribution >= 4 is 15.9 Å². The number of rotatable bonds is 5. The first-order valence-electron chi connectivity index (χ1n) is 5.43. The van der Waals surface area contributed by atoms with Gasteiger partial charge in [0.1, 0.15) is 17.6 Å². The number of aliphatic hydroxyl groups excluding tert-OH is 1. The molecule has 2 atom stereocenters. The standard InChI is InChI=1S/C12H15BrO4/c1-16-10-5-9(15)8(4-7(10)2-3-14)12-11(6-13)17-12/h4-5,11-12,14-15H,2-3,6H2,1H3. The van der Waals surface area contributed by atoms with Crippen molar-refractivity contribution in [3.63, 3.8) is 0 Å². The van der Waals surface area contributed by atoms with Gasteiger partial charge in [0, 0.05) is 23.6 Å². The SMILES string of the molecule is COc1cc(O)c(C2OC2CBr)cc1CCO. The third-order valence-electron chi connectivity index (χ3n) is 2.85. The van der Waals surface area contributed by atoms with Crippen LogP contribution in [-0.4, -0.2) is 35.4 Å². The average molecular weight is 303 g/mol. The van der Waals surface area contributed by atoms with E-state index < -0.39 is 0 Å². The topological polar surface area (TPSA) is 62.2 Å². The molecule has 2 rings (SSSR count). The van der Waals surface area contributed by atoms with E-state index in [1.54, 1.807) is 13.2 Å². The minimum absolute atomic E-state index is 0.0496. The Labute approximate surface area is 108 Å². The Kier molecular flexibility index (Phi) is 3.91. The molecule has 5 heteroatoms.